The van der Waals surface area contributed by atoms with E-state index in [9.17, 15) is 14.4 Å². The van der Waals surface area contributed by atoms with Gasteiger partial charge in [-0.2, -0.15) is 9.50 Å². The number of ether oxygens (including phenoxy) is 3. The van der Waals surface area contributed by atoms with E-state index < -0.39 is 11.4 Å². The summed E-state index contributed by atoms with van der Waals surface area (Å²) < 4.78 is 19.7. The third-order valence-electron chi connectivity index (χ3n) is 9.66. The van der Waals surface area contributed by atoms with E-state index in [0.717, 1.165) is 16.8 Å². The number of nitrogens with zero attached hydrogens (tertiary/aromatic N) is 7. The molecule has 1 atom stereocenters. The summed E-state index contributed by atoms with van der Waals surface area (Å²) in [6, 6.07) is 9.73. The van der Waals surface area contributed by atoms with Gasteiger partial charge in [-0.3, -0.25) is 14.4 Å². The molecule has 3 aromatic heterocycles. The zero-order valence-electron chi connectivity index (χ0n) is 26.8. The molecule has 5 heterocycles. The van der Waals surface area contributed by atoms with Crippen LogP contribution in [0.3, 0.4) is 0 Å². The van der Waals surface area contributed by atoms with Gasteiger partial charge in [-0.1, -0.05) is 43.3 Å². The second-order valence-electron chi connectivity index (χ2n) is 12.5. The highest BCUT2D eigenvalue weighted by molar-refractivity contribution is 5.95. The Morgan fingerprint density at radius 3 is 2.64 bits per heavy atom. The number of methoxy groups -OCH3 is 1. The molecule has 2 aliphatic heterocycles. The Labute approximate surface area is 271 Å². The topological polar surface area (TPSA) is 143 Å². The number of rotatable bonds is 7. The molecular weight excluding hydrogens is 602 g/mol. The van der Waals surface area contributed by atoms with Crippen molar-refractivity contribution in [2.24, 2.45) is 0 Å². The fourth-order valence-corrected chi connectivity index (χ4v) is 7.34. The Kier molecular flexibility index (Phi) is 8.08. The van der Waals surface area contributed by atoms with Crippen LogP contribution in [0.25, 0.3) is 11.4 Å². The number of carbonyl (C=O) groups excluding carboxylic acids is 2. The molecule has 4 aromatic rings. The van der Waals surface area contributed by atoms with E-state index >= 15 is 0 Å². The molecule has 0 bridgehead atoms. The maximum atomic E-state index is 14.3. The van der Waals surface area contributed by atoms with Crippen LogP contribution in [0, 0.1) is 6.92 Å². The number of amides is 1. The summed E-state index contributed by atoms with van der Waals surface area (Å²) >= 11 is 0. The van der Waals surface area contributed by atoms with Gasteiger partial charge in [0, 0.05) is 29.8 Å². The standard InChI is InChI=1S/C34H37N7O6/c1-21-17-34(11-13-39(14-12-34)32(44)27-29(22(2)35-20-36-27)47-19-23-7-5-4-6-8-23)26-28(21)40(18-25(42)45-3)33-37-30(38-41(33)31(26)43)24-9-15-46-16-10-24/h4-9,20-21H,10-19H2,1-3H3. The van der Waals surface area contributed by atoms with Crippen LogP contribution in [-0.2, 0) is 32.8 Å². The van der Waals surface area contributed by atoms with Crippen LogP contribution in [0.1, 0.15) is 77.4 Å². The third kappa shape index (κ3) is 5.47. The maximum absolute atomic E-state index is 14.3. The molecular formula is C34H37N7O6. The number of hydrogen-bond donors (Lipinski definition) is 0. The molecule has 7 rings (SSSR count). The summed E-state index contributed by atoms with van der Waals surface area (Å²) in [6.07, 6.45) is 5.80. The largest absolute Gasteiger partial charge is 0.485 e. The molecule has 13 heteroatoms. The first-order chi connectivity index (χ1) is 22.8. The van der Waals surface area contributed by atoms with Crippen molar-refractivity contribution in [1.82, 2.24) is 34.0 Å². The molecule has 1 saturated heterocycles. The number of piperidine rings is 1. The highest BCUT2D eigenvalue weighted by Crippen LogP contribution is 2.50. The molecule has 1 aliphatic carbocycles. The minimum Gasteiger partial charge on any atom is -0.485 e. The Bertz CT molecular complexity index is 1940. The van der Waals surface area contributed by atoms with Crippen molar-refractivity contribution in [2.45, 2.75) is 64.0 Å². The van der Waals surface area contributed by atoms with Gasteiger partial charge in [0.15, 0.2) is 17.3 Å². The molecule has 244 valence electrons. The van der Waals surface area contributed by atoms with Crippen LogP contribution in [0.5, 0.6) is 5.75 Å². The van der Waals surface area contributed by atoms with Gasteiger partial charge in [-0.25, -0.2) is 9.97 Å². The SMILES string of the molecule is COC(=O)Cn1c2c(c(=O)n3nc(C4=CCOCC4)nc13)C1(CCN(C(=O)c3ncnc(C)c3OCc3ccccc3)CC1)CC2C. The van der Waals surface area contributed by atoms with E-state index in [4.69, 9.17) is 19.2 Å². The second-order valence-corrected chi connectivity index (χ2v) is 12.5. The summed E-state index contributed by atoms with van der Waals surface area (Å²) in [6.45, 7) is 5.93. The van der Waals surface area contributed by atoms with E-state index in [1.807, 2.05) is 36.4 Å². The molecule has 13 nitrogen and oxygen atoms in total. The van der Waals surface area contributed by atoms with Crippen LogP contribution in [0.4, 0.5) is 0 Å². The fraction of sp³-hybridized carbons (Fsp3) is 0.441. The van der Waals surface area contributed by atoms with Crippen LogP contribution < -0.4 is 10.3 Å². The molecule has 1 unspecified atom stereocenters. The van der Waals surface area contributed by atoms with Crippen LogP contribution in [0.2, 0.25) is 0 Å². The quantitative estimate of drug-likeness (QED) is 0.277. The van der Waals surface area contributed by atoms with Crippen LogP contribution in [0.15, 0.2) is 47.5 Å². The van der Waals surface area contributed by atoms with Crippen molar-refractivity contribution in [3.63, 3.8) is 0 Å². The predicted octanol–water partition coefficient (Wildman–Crippen LogP) is 3.23. The molecule has 1 spiro atoms. The van der Waals surface area contributed by atoms with E-state index in [1.165, 1.54) is 18.0 Å². The van der Waals surface area contributed by atoms with Gasteiger partial charge < -0.3 is 23.7 Å². The number of likely N-dealkylation sites (tertiary alicyclic amines) is 1. The Morgan fingerprint density at radius 2 is 1.91 bits per heavy atom. The Hall–Kier alpha value is -4.91. The molecule has 1 fully saturated rings. The fourth-order valence-electron chi connectivity index (χ4n) is 7.34. The van der Waals surface area contributed by atoms with E-state index in [2.05, 4.69) is 22.0 Å². The van der Waals surface area contributed by atoms with Crippen molar-refractivity contribution < 1.29 is 23.8 Å². The predicted molar refractivity (Wildman–Crippen MR) is 170 cm³/mol. The molecule has 3 aliphatic rings. The molecule has 1 amide bonds. The maximum Gasteiger partial charge on any atom is 0.325 e. The van der Waals surface area contributed by atoms with Gasteiger partial charge in [0.1, 0.15) is 19.5 Å². The number of aryl methyl sites for hydroxylation is 1. The molecule has 0 radical (unpaired) electrons. The second kappa shape index (κ2) is 12.4. The van der Waals surface area contributed by atoms with E-state index in [0.29, 0.717) is 80.6 Å². The normalized spacial score (nSPS) is 18.7. The first-order valence-electron chi connectivity index (χ1n) is 15.9. The summed E-state index contributed by atoms with van der Waals surface area (Å²) in [5.74, 6) is 0.451. The van der Waals surface area contributed by atoms with Gasteiger partial charge in [0.2, 0.25) is 5.78 Å². The lowest BCUT2D eigenvalue weighted by Gasteiger charge is -2.39. The summed E-state index contributed by atoms with van der Waals surface area (Å²) in [7, 11) is 1.35. The third-order valence-corrected chi connectivity index (χ3v) is 9.66. The lowest BCUT2D eigenvalue weighted by molar-refractivity contribution is -0.141. The first-order valence-corrected chi connectivity index (χ1v) is 15.9. The van der Waals surface area contributed by atoms with Crippen molar-refractivity contribution in [2.75, 3.05) is 33.4 Å². The number of fused-ring (bicyclic) bond motifs is 3. The minimum absolute atomic E-state index is 0.0282. The average Bonchev–Trinajstić information content (AvgIpc) is 3.67. The zero-order chi connectivity index (χ0) is 32.7. The van der Waals surface area contributed by atoms with Gasteiger partial charge >= 0.3 is 5.97 Å². The average molecular weight is 640 g/mol. The molecule has 0 N–H and O–H groups in total. The van der Waals surface area contributed by atoms with E-state index in [1.54, 1.807) is 16.4 Å². The minimum atomic E-state index is -0.493. The van der Waals surface area contributed by atoms with Crippen molar-refractivity contribution in [3.05, 3.63) is 87.1 Å². The number of benzene rings is 1. The van der Waals surface area contributed by atoms with Crippen molar-refractivity contribution in [3.8, 4) is 5.75 Å². The molecule has 47 heavy (non-hydrogen) atoms. The highest BCUT2D eigenvalue weighted by atomic mass is 16.5. The van der Waals surface area contributed by atoms with Crippen molar-refractivity contribution >= 4 is 23.2 Å². The number of hydrogen-bond acceptors (Lipinski definition) is 10. The Balaban J connectivity index is 1.20. The van der Waals surface area contributed by atoms with Crippen LogP contribution in [-0.4, -0.2) is 79.3 Å². The zero-order valence-corrected chi connectivity index (χ0v) is 26.8. The highest BCUT2D eigenvalue weighted by Gasteiger charge is 2.49. The lowest BCUT2D eigenvalue weighted by Crippen LogP contribution is -2.47. The van der Waals surface area contributed by atoms with Gasteiger partial charge in [0.25, 0.3) is 11.5 Å². The summed E-state index contributed by atoms with van der Waals surface area (Å²) in [5.41, 5.74) is 3.41. The summed E-state index contributed by atoms with van der Waals surface area (Å²) in [4.78, 5) is 56.0. The first kappa shape index (κ1) is 30.7. The van der Waals surface area contributed by atoms with Gasteiger partial charge in [0.05, 0.1) is 26.0 Å². The number of esters is 1. The summed E-state index contributed by atoms with van der Waals surface area (Å²) in [5, 5.41) is 4.65. The van der Waals surface area contributed by atoms with E-state index in [-0.39, 0.29) is 36.2 Å². The number of carbonyl (C=O) groups is 2. The smallest absolute Gasteiger partial charge is 0.325 e. The van der Waals surface area contributed by atoms with Crippen molar-refractivity contribution in [1.29, 1.82) is 0 Å². The monoisotopic (exact) mass is 639 g/mol. The van der Waals surface area contributed by atoms with Crippen LogP contribution >= 0.6 is 0 Å². The van der Waals surface area contributed by atoms with Gasteiger partial charge in [-0.15, -0.1) is 5.10 Å². The van der Waals surface area contributed by atoms with Gasteiger partial charge in [-0.05, 0) is 49.7 Å². The molecule has 0 saturated carbocycles. The lowest BCUT2D eigenvalue weighted by atomic mass is 9.73. The number of aromatic nitrogens is 6. The molecule has 1 aromatic carbocycles. The Morgan fingerprint density at radius 1 is 1.13 bits per heavy atom.